The Balaban J connectivity index is 1.72. The van der Waals surface area contributed by atoms with E-state index in [1.165, 1.54) is 25.7 Å². The molecule has 1 saturated heterocycles. The van der Waals surface area contributed by atoms with Crippen molar-refractivity contribution < 1.29 is 4.74 Å². The molecule has 2 fully saturated rings. The summed E-state index contributed by atoms with van der Waals surface area (Å²) in [6, 6.07) is 1.36. The molecule has 2 aliphatic rings. The normalized spacial score (nSPS) is 32.6. The van der Waals surface area contributed by atoms with E-state index >= 15 is 0 Å². The van der Waals surface area contributed by atoms with E-state index in [2.05, 4.69) is 26.1 Å². The smallest absolute Gasteiger partial charge is 0.0641 e. The highest BCUT2D eigenvalue weighted by Gasteiger charge is 2.30. The summed E-state index contributed by atoms with van der Waals surface area (Å²) >= 11 is 0. The highest BCUT2D eigenvalue weighted by Crippen LogP contribution is 2.34. The van der Waals surface area contributed by atoms with E-state index in [1.807, 2.05) is 0 Å². The van der Waals surface area contributed by atoms with Crippen molar-refractivity contribution in [3.8, 4) is 0 Å². The number of rotatable bonds is 4. The molecule has 0 amide bonds. The molecule has 2 unspecified atom stereocenters. The van der Waals surface area contributed by atoms with Crippen molar-refractivity contribution in [1.29, 1.82) is 0 Å². The van der Waals surface area contributed by atoms with Crippen LogP contribution >= 0.6 is 0 Å². The molecule has 1 aliphatic carbocycles. The first-order chi connectivity index (χ1) is 7.05. The molecule has 1 aliphatic heterocycles. The van der Waals surface area contributed by atoms with E-state index in [9.17, 15) is 0 Å². The van der Waals surface area contributed by atoms with Crippen molar-refractivity contribution >= 4 is 0 Å². The van der Waals surface area contributed by atoms with Crippen LogP contribution in [0.3, 0.4) is 0 Å². The maximum atomic E-state index is 5.73. The second-order valence-corrected chi connectivity index (χ2v) is 6.04. The molecule has 0 aromatic heterocycles. The van der Waals surface area contributed by atoms with Crippen LogP contribution in [0.25, 0.3) is 0 Å². The van der Waals surface area contributed by atoms with Gasteiger partial charge in [-0.05, 0) is 46.0 Å². The summed E-state index contributed by atoms with van der Waals surface area (Å²) in [5.41, 5.74) is 0.0786. The van der Waals surface area contributed by atoms with Crippen molar-refractivity contribution in [2.45, 2.75) is 70.6 Å². The number of nitrogens with one attached hydrogen (secondary N) is 1. The van der Waals surface area contributed by atoms with Crippen LogP contribution in [-0.2, 0) is 4.74 Å². The second kappa shape index (κ2) is 4.42. The SMILES string of the molecule is CC(CC1CC1)NC1CCOC(C)(C)C1. The van der Waals surface area contributed by atoms with Crippen molar-refractivity contribution in [3.63, 3.8) is 0 Å². The van der Waals surface area contributed by atoms with E-state index < -0.39 is 0 Å². The van der Waals surface area contributed by atoms with Gasteiger partial charge in [0.25, 0.3) is 0 Å². The highest BCUT2D eigenvalue weighted by molar-refractivity contribution is 4.86. The third-order valence-electron chi connectivity index (χ3n) is 3.60. The molecule has 2 rings (SSSR count). The zero-order chi connectivity index (χ0) is 10.9. The first-order valence-electron chi connectivity index (χ1n) is 6.45. The Hall–Kier alpha value is -0.0800. The Kier molecular flexibility index (Phi) is 3.36. The quantitative estimate of drug-likeness (QED) is 0.772. The summed E-state index contributed by atoms with van der Waals surface area (Å²) in [7, 11) is 0. The maximum Gasteiger partial charge on any atom is 0.0641 e. The highest BCUT2D eigenvalue weighted by atomic mass is 16.5. The molecule has 2 nitrogen and oxygen atoms in total. The van der Waals surface area contributed by atoms with Gasteiger partial charge in [-0.3, -0.25) is 0 Å². The van der Waals surface area contributed by atoms with Crippen LogP contribution in [-0.4, -0.2) is 24.3 Å². The first-order valence-corrected chi connectivity index (χ1v) is 6.45. The molecule has 0 radical (unpaired) electrons. The van der Waals surface area contributed by atoms with Gasteiger partial charge in [-0.25, -0.2) is 0 Å². The Bertz CT molecular complexity index is 211. The molecule has 88 valence electrons. The van der Waals surface area contributed by atoms with Crippen LogP contribution in [0.5, 0.6) is 0 Å². The molecular weight excluding hydrogens is 186 g/mol. The van der Waals surface area contributed by atoms with E-state index in [1.54, 1.807) is 0 Å². The Morgan fingerprint density at radius 3 is 2.67 bits per heavy atom. The summed E-state index contributed by atoms with van der Waals surface area (Å²) in [6.45, 7) is 7.65. The van der Waals surface area contributed by atoms with E-state index in [-0.39, 0.29) is 5.60 Å². The van der Waals surface area contributed by atoms with Crippen LogP contribution in [0.15, 0.2) is 0 Å². The van der Waals surface area contributed by atoms with E-state index in [4.69, 9.17) is 4.74 Å². The average Bonchev–Trinajstić information content (AvgIpc) is 2.85. The summed E-state index contributed by atoms with van der Waals surface area (Å²) < 4.78 is 5.73. The largest absolute Gasteiger partial charge is 0.375 e. The summed E-state index contributed by atoms with van der Waals surface area (Å²) in [5.74, 6) is 1.03. The van der Waals surface area contributed by atoms with Crippen LogP contribution in [0.1, 0.15) is 52.9 Å². The fourth-order valence-electron chi connectivity index (χ4n) is 2.70. The molecule has 1 N–H and O–H groups in total. The van der Waals surface area contributed by atoms with Crippen molar-refractivity contribution in [2.24, 2.45) is 5.92 Å². The zero-order valence-corrected chi connectivity index (χ0v) is 10.4. The number of hydrogen-bond donors (Lipinski definition) is 1. The zero-order valence-electron chi connectivity index (χ0n) is 10.4. The third kappa shape index (κ3) is 3.76. The van der Waals surface area contributed by atoms with E-state index in [0.29, 0.717) is 12.1 Å². The molecule has 0 bridgehead atoms. The second-order valence-electron chi connectivity index (χ2n) is 6.04. The molecule has 1 heterocycles. The summed E-state index contributed by atoms with van der Waals surface area (Å²) in [6.07, 6.45) is 6.63. The molecule has 2 heteroatoms. The van der Waals surface area contributed by atoms with Crippen molar-refractivity contribution in [2.75, 3.05) is 6.61 Å². The molecule has 1 saturated carbocycles. The number of hydrogen-bond acceptors (Lipinski definition) is 2. The maximum absolute atomic E-state index is 5.73. The van der Waals surface area contributed by atoms with Crippen LogP contribution in [0.2, 0.25) is 0 Å². The van der Waals surface area contributed by atoms with Gasteiger partial charge >= 0.3 is 0 Å². The standard InChI is InChI=1S/C13H25NO/c1-10(8-11-4-5-11)14-12-6-7-15-13(2,3)9-12/h10-12,14H,4-9H2,1-3H3. The lowest BCUT2D eigenvalue weighted by atomic mass is 9.93. The van der Waals surface area contributed by atoms with Gasteiger partial charge in [0.05, 0.1) is 5.60 Å². The van der Waals surface area contributed by atoms with E-state index in [0.717, 1.165) is 18.9 Å². The van der Waals surface area contributed by atoms with Gasteiger partial charge in [0, 0.05) is 18.7 Å². The van der Waals surface area contributed by atoms with Crippen molar-refractivity contribution in [1.82, 2.24) is 5.32 Å². The van der Waals surface area contributed by atoms with Gasteiger partial charge in [0.15, 0.2) is 0 Å². The lowest BCUT2D eigenvalue weighted by molar-refractivity contribution is -0.0640. The molecule has 0 spiro atoms. The predicted octanol–water partition coefficient (Wildman–Crippen LogP) is 2.72. The lowest BCUT2D eigenvalue weighted by Gasteiger charge is -2.37. The summed E-state index contributed by atoms with van der Waals surface area (Å²) in [4.78, 5) is 0. The molecular formula is C13H25NO. The third-order valence-corrected chi connectivity index (χ3v) is 3.60. The van der Waals surface area contributed by atoms with Crippen LogP contribution < -0.4 is 5.32 Å². The van der Waals surface area contributed by atoms with Crippen LogP contribution in [0.4, 0.5) is 0 Å². The van der Waals surface area contributed by atoms with Gasteiger partial charge in [-0.2, -0.15) is 0 Å². The van der Waals surface area contributed by atoms with Gasteiger partial charge < -0.3 is 10.1 Å². The monoisotopic (exact) mass is 211 g/mol. The molecule has 2 atom stereocenters. The van der Waals surface area contributed by atoms with Gasteiger partial charge in [0.2, 0.25) is 0 Å². The van der Waals surface area contributed by atoms with Gasteiger partial charge in [-0.1, -0.05) is 12.8 Å². The van der Waals surface area contributed by atoms with Crippen LogP contribution in [0, 0.1) is 5.92 Å². The Morgan fingerprint density at radius 2 is 2.07 bits per heavy atom. The Labute approximate surface area is 93.8 Å². The number of ether oxygens (including phenoxy) is 1. The minimum absolute atomic E-state index is 0.0786. The summed E-state index contributed by atoms with van der Waals surface area (Å²) in [5, 5.41) is 3.77. The fraction of sp³-hybridized carbons (Fsp3) is 1.00. The average molecular weight is 211 g/mol. The first kappa shape index (κ1) is 11.4. The van der Waals surface area contributed by atoms with Gasteiger partial charge in [0.1, 0.15) is 0 Å². The lowest BCUT2D eigenvalue weighted by Crippen LogP contribution is -2.46. The molecule has 15 heavy (non-hydrogen) atoms. The topological polar surface area (TPSA) is 21.3 Å². The van der Waals surface area contributed by atoms with Gasteiger partial charge in [-0.15, -0.1) is 0 Å². The predicted molar refractivity (Wildman–Crippen MR) is 63.0 cm³/mol. The fourth-order valence-corrected chi connectivity index (χ4v) is 2.70. The minimum Gasteiger partial charge on any atom is -0.375 e. The van der Waals surface area contributed by atoms with Crippen molar-refractivity contribution in [3.05, 3.63) is 0 Å². The Morgan fingerprint density at radius 1 is 1.33 bits per heavy atom. The minimum atomic E-state index is 0.0786. The molecule has 0 aromatic rings. The molecule has 0 aromatic carbocycles.